The highest BCUT2D eigenvalue weighted by atomic mass is 16.3. The molecule has 4 nitrogen and oxygen atoms in total. The molecule has 4 aromatic heterocycles. The maximum Gasteiger partial charge on any atom is 0.159 e. The lowest BCUT2D eigenvalue weighted by molar-refractivity contribution is 0.666. The molecule has 0 spiro atoms. The van der Waals surface area contributed by atoms with Gasteiger partial charge in [-0.05, 0) is 141 Å². The van der Waals surface area contributed by atoms with Crippen LogP contribution in [0.5, 0.6) is 0 Å². The van der Waals surface area contributed by atoms with Crippen LogP contribution >= 0.6 is 0 Å². The Kier molecular flexibility index (Phi) is 9.13. The second-order valence-corrected chi connectivity index (χ2v) is 20.0. The normalized spacial score (nSPS) is 12.1. The lowest BCUT2D eigenvalue weighted by Crippen LogP contribution is -1.96. The van der Waals surface area contributed by atoms with Gasteiger partial charge in [0.15, 0.2) is 5.58 Å². The Morgan fingerprint density at radius 2 is 0.684 bits per heavy atom. The van der Waals surface area contributed by atoms with Gasteiger partial charge in [-0.3, -0.25) is 0 Å². The first-order valence-electron chi connectivity index (χ1n) is 26.5. The molecule has 0 saturated carbocycles. The molecule has 1 aliphatic rings. The zero-order valence-electron chi connectivity index (χ0n) is 41.9. The van der Waals surface area contributed by atoms with Crippen LogP contribution in [0.25, 0.3) is 160 Å². The Bertz CT molecular complexity index is 5050. The van der Waals surface area contributed by atoms with Crippen molar-refractivity contribution in [2.45, 2.75) is 13.8 Å². The number of furan rings is 1. The quantitative estimate of drug-likeness (QED) is 0.169. The molecule has 0 aliphatic heterocycles. The van der Waals surface area contributed by atoms with E-state index in [4.69, 9.17) is 4.42 Å². The van der Waals surface area contributed by atoms with Gasteiger partial charge in [0.1, 0.15) is 5.58 Å². The Morgan fingerprint density at radius 1 is 0.263 bits per heavy atom. The SMILES string of the molecule is CC.c1ccc(-n2c3ccccc3c3cc(-c4ccc5c(c4)c4cc(-c6ccc7c(c6)c6ccccc6n7-c6cccc7c6oc6ccccc67)ccc4n5-c4ccc5c6c(cccc46)-c4ccccc4-5)ccc32)cc1. The number of hydrogen-bond donors (Lipinski definition) is 0. The van der Waals surface area contributed by atoms with E-state index in [1.807, 2.05) is 19.9 Å². The molecule has 17 rings (SSSR count). The molecule has 0 amide bonds. The van der Waals surface area contributed by atoms with Crippen molar-refractivity contribution in [3.05, 3.63) is 249 Å². The molecule has 4 heteroatoms. The van der Waals surface area contributed by atoms with Gasteiger partial charge < -0.3 is 18.1 Å². The van der Waals surface area contributed by atoms with Crippen molar-refractivity contribution in [1.29, 1.82) is 0 Å². The molecule has 356 valence electrons. The number of hydrogen-bond acceptors (Lipinski definition) is 1. The fourth-order valence-electron chi connectivity index (χ4n) is 13.0. The number of fused-ring (bicyclic) bond motifs is 15. The van der Waals surface area contributed by atoms with Crippen molar-refractivity contribution in [2.75, 3.05) is 0 Å². The summed E-state index contributed by atoms with van der Waals surface area (Å²) in [6, 6.07) is 91.6. The first-order valence-corrected chi connectivity index (χ1v) is 26.5. The third-order valence-electron chi connectivity index (χ3n) is 16.2. The fourth-order valence-corrected chi connectivity index (χ4v) is 13.0. The highest BCUT2D eigenvalue weighted by Gasteiger charge is 2.25. The molecule has 0 fully saturated rings. The van der Waals surface area contributed by atoms with Crippen LogP contribution in [-0.2, 0) is 0 Å². The van der Waals surface area contributed by atoms with Crippen LogP contribution in [0.3, 0.4) is 0 Å². The summed E-state index contributed by atoms with van der Waals surface area (Å²) in [4.78, 5) is 0. The average Bonchev–Trinajstić information content (AvgIpc) is 4.31. The predicted molar refractivity (Wildman–Crippen MR) is 321 cm³/mol. The maximum atomic E-state index is 6.63. The van der Waals surface area contributed by atoms with E-state index in [0.29, 0.717) is 0 Å². The summed E-state index contributed by atoms with van der Waals surface area (Å²) >= 11 is 0. The minimum atomic E-state index is 0.894. The van der Waals surface area contributed by atoms with Crippen molar-refractivity contribution >= 4 is 98.1 Å². The van der Waals surface area contributed by atoms with Gasteiger partial charge in [-0.2, -0.15) is 0 Å². The second-order valence-electron chi connectivity index (χ2n) is 20.0. The Hall–Kier alpha value is -9.90. The van der Waals surface area contributed by atoms with Crippen molar-refractivity contribution in [3.8, 4) is 61.6 Å². The van der Waals surface area contributed by atoms with E-state index in [9.17, 15) is 0 Å². The molecule has 12 aromatic carbocycles. The number of rotatable bonds is 5. The van der Waals surface area contributed by atoms with Gasteiger partial charge in [-0.1, -0.05) is 172 Å². The molecular formula is C72H47N3O. The van der Waals surface area contributed by atoms with Gasteiger partial charge in [0.2, 0.25) is 0 Å². The van der Waals surface area contributed by atoms with Crippen LogP contribution in [0.4, 0.5) is 0 Å². The van der Waals surface area contributed by atoms with Gasteiger partial charge in [0, 0.05) is 54.2 Å². The molecule has 1 aliphatic carbocycles. The maximum absolute atomic E-state index is 6.63. The first-order chi connectivity index (χ1) is 37.7. The first kappa shape index (κ1) is 42.6. The second kappa shape index (κ2) is 16.3. The van der Waals surface area contributed by atoms with Crippen LogP contribution in [-0.4, -0.2) is 13.7 Å². The topological polar surface area (TPSA) is 27.9 Å². The van der Waals surface area contributed by atoms with Crippen LogP contribution < -0.4 is 0 Å². The molecule has 0 atom stereocenters. The summed E-state index contributed by atoms with van der Waals surface area (Å²) < 4.78 is 13.9. The van der Waals surface area contributed by atoms with Crippen LogP contribution in [0, 0.1) is 0 Å². The van der Waals surface area contributed by atoms with Crippen molar-refractivity contribution in [2.24, 2.45) is 0 Å². The highest BCUT2D eigenvalue weighted by molar-refractivity contribution is 6.20. The minimum Gasteiger partial charge on any atom is -0.454 e. The van der Waals surface area contributed by atoms with E-state index in [2.05, 4.69) is 256 Å². The number of benzene rings is 12. The summed E-state index contributed by atoms with van der Waals surface area (Å²) in [7, 11) is 0. The standard InChI is InChI=1S/C70H41N3O.C2H6/c1-2-14-46(15-3-1)71-60-24-9-6-18-49(60)56-38-42(28-33-63(56)71)44-30-35-65-58(40-44)59-41-45(31-36-66(59)72(65)62-37-32-53-48-17-5-4-16-47(48)52-21-12-23-55(62)69(52)53)43-29-34-64-57(39-43)50-19-7-10-25-61(50)73(64)67-26-13-22-54-51-20-8-11-27-68(51)74-70(54)67;1-2/h1-41H;1-2H3. The monoisotopic (exact) mass is 969 g/mol. The third-order valence-corrected chi connectivity index (χ3v) is 16.2. The van der Waals surface area contributed by atoms with Crippen molar-refractivity contribution in [1.82, 2.24) is 13.7 Å². The van der Waals surface area contributed by atoms with Gasteiger partial charge in [0.25, 0.3) is 0 Å². The molecule has 0 N–H and O–H groups in total. The number of aromatic nitrogens is 3. The van der Waals surface area contributed by atoms with E-state index in [1.165, 1.54) is 115 Å². The van der Waals surface area contributed by atoms with Gasteiger partial charge in [-0.25, -0.2) is 0 Å². The fraction of sp³-hybridized carbons (Fsp3) is 0.0278. The number of nitrogens with zero attached hydrogens (tertiary/aromatic N) is 3. The summed E-state index contributed by atoms with van der Waals surface area (Å²) in [5.74, 6) is 0. The molecule has 0 radical (unpaired) electrons. The minimum absolute atomic E-state index is 0.894. The summed E-state index contributed by atoms with van der Waals surface area (Å²) in [5, 5.41) is 12.2. The van der Waals surface area contributed by atoms with Crippen LogP contribution in [0.1, 0.15) is 13.8 Å². The summed E-state index contributed by atoms with van der Waals surface area (Å²) in [6.45, 7) is 4.00. The van der Waals surface area contributed by atoms with Gasteiger partial charge >= 0.3 is 0 Å². The van der Waals surface area contributed by atoms with Gasteiger partial charge in [0.05, 0.1) is 44.5 Å². The summed E-state index contributed by atoms with van der Waals surface area (Å²) in [6.07, 6.45) is 0. The Morgan fingerprint density at radius 3 is 1.30 bits per heavy atom. The third kappa shape index (κ3) is 5.95. The highest BCUT2D eigenvalue weighted by Crippen LogP contribution is 2.50. The molecule has 0 bridgehead atoms. The smallest absolute Gasteiger partial charge is 0.159 e. The zero-order valence-corrected chi connectivity index (χ0v) is 41.9. The van der Waals surface area contributed by atoms with Crippen molar-refractivity contribution in [3.63, 3.8) is 0 Å². The molecule has 4 heterocycles. The Labute approximate surface area is 438 Å². The van der Waals surface area contributed by atoms with E-state index in [-0.39, 0.29) is 0 Å². The van der Waals surface area contributed by atoms with E-state index >= 15 is 0 Å². The van der Waals surface area contributed by atoms with E-state index in [0.717, 1.165) is 44.3 Å². The molecule has 0 saturated heterocycles. The summed E-state index contributed by atoms with van der Waals surface area (Å²) in [5.41, 5.74) is 22.1. The lowest BCUT2D eigenvalue weighted by Gasteiger charge is -2.14. The van der Waals surface area contributed by atoms with Crippen molar-refractivity contribution < 1.29 is 4.42 Å². The van der Waals surface area contributed by atoms with Gasteiger partial charge in [-0.15, -0.1) is 0 Å². The number of para-hydroxylation sites is 5. The molecule has 76 heavy (non-hydrogen) atoms. The van der Waals surface area contributed by atoms with Crippen LogP contribution in [0.15, 0.2) is 253 Å². The largest absolute Gasteiger partial charge is 0.454 e. The molecule has 16 aromatic rings. The van der Waals surface area contributed by atoms with Crippen LogP contribution in [0.2, 0.25) is 0 Å². The van der Waals surface area contributed by atoms with E-state index < -0.39 is 0 Å². The molecule has 0 unspecified atom stereocenters. The molecular weight excluding hydrogens is 923 g/mol. The Balaban J connectivity index is 0.00000241. The zero-order chi connectivity index (χ0) is 50.2. The predicted octanol–water partition coefficient (Wildman–Crippen LogP) is 20.0. The van der Waals surface area contributed by atoms with E-state index in [1.54, 1.807) is 0 Å². The average molecular weight is 970 g/mol. The lowest BCUT2D eigenvalue weighted by atomic mass is 9.98.